The van der Waals surface area contributed by atoms with E-state index in [4.69, 9.17) is 18.9 Å². The minimum Gasteiger partial charge on any atom is -0.496 e. The number of carbonyl (C=O) groups is 1. The van der Waals surface area contributed by atoms with E-state index in [-0.39, 0.29) is 11.7 Å². The maximum absolute atomic E-state index is 12.3. The highest BCUT2D eigenvalue weighted by atomic mass is 16.5. The van der Waals surface area contributed by atoms with Gasteiger partial charge in [0.2, 0.25) is 0 Å². The van der Waals surface area contributed by atoms with Gasteiger partial charge in [-0.1, -0.05) is 0 Å². The predicted octanol–water partition coefficient (Wildman–Crippen LogP) is 1.91. The Labute approximate surface area is 147 Å². The third-order valence-electron chi connectivity index (χ3n) is 3.92. The Kier molecular flexibility index (Phi) is 6.66. The molecule has 1 N–H and O–H groups in total. The maximum atomic E-state index is 12.3. The summed E-state index contributed by atoms with van der Waals surface area (Å²) in [6.45, 7) is 1.09. The van der Waals surface area contributed by atoms with Crippen LogP contribution in [-0.2, 0) is 9.53 Å². The Morgan fingerprint density at radius 3 is 2.48 bits per heavy atom. The number of carbonyl (C=O) groups excluding carboxylic acids is 1. The van der Waals surface area contributed by atoms with Gasteiger partial charge in [0.15, 0.2) is 0 Å². The zero-order valence-electron chi connectivity index (χ0n) is 14.6. The molecule has 1 saturated heterocycles. The Hall–Kier alpha value is -2.72. The highest BCUT2D eigenvalue weighted by Gasteiger charge is 2.19. The molecule has 1 aliphatic rings. The van der Waals surface area contributed by atoms with Gasteiger partial charge in [0.1, 0.15) is 28.9 Å². The summed E-state index contributed by atoms with van der Waals surface area (Å²) in [6, 6.07) is 5.24. The number of hydrogen-bond acceptors (Lipinski definition) is 6. The molecular formula is C18H22N2O5. The van der Waals surface area contributed by atoms with E-state index < -0.39 is 5.91 Å². The van der Waals surface area contributed by atoms with Crippen molar-refractivity contribution in [3.8, 4) is 23.3 Å². The van der Waals surface area contributed by atoms with Crippen LogP contribution in [0.2, 0.25) is 0 Å². The summed E-state index contributed by atoms with van der Waals surface area (Å²) in [5, 5.41) is 12.1. The Morgan fingerprint density at radius 2 is 2.00 bits per heavy atom. The molecule has 0 saturated carbocycles. The van der Waals surface area contributed by atoms with Crippen LogP contribution in [0.1, 0.15) is 18.4 Å². The van der Waals surface area contributed by atoms with Crippen molar-refractivity contribution in [1.82, 2.24) is 5.32 Å². The van der Waals surface area contributed by atoms with E-state index in [1.54, 1.807) is 12.1 Å². The highest BCUT2D eigenvalue weighted by molar-refractivity contribution is 6.02. The Bertz CT molecular complexity index is 662. The van der Waals surface area contributed by atoms with Gasteiger partial charge < -0.3 is 24.3 Å². The van der Waals surface area contributed by atoms with E-state index in [1.807, 2.05) is 6.07 Å². The van der Waals surface area contributed by atoms with Gasteiger partial charge in [-0.2, -0.15) is 5.26 Å². The molecule has 0 radical (unpaired) electrons. The molecule has 0 spiro atoms. The summed E-state index contributed by atoms with van der Waals surface area (Å²) in [7, 11) is 4.52. The van der Waals surface area contributed by atoms with Crippen LogP contribution < -0.4 is 19.5 Å². The minimum absolute atomic E-state index is 0.00829. The first-order chi connectivity index (χ1) is 12.1. The first-order valence-corrected chi connectivity index (χ1v) is 7.94. The van der Waals surface area contributed by atoms with Crippen LogP contribution in [0.5, 0.6) is 17.2 Å². The van der Waals surface area contributed by atoms with Crippen LogP contribution >= 0.6 is 0 Å². The van der Waals surface area contributed by atoms with Gasteiger partial charge in [0, 0.05) is 25.3 Å². The van der Waals surface area contributed by atoms with Gasteiger partial charge in [0.05, 0.1) is 33.0 Å². The highest BCUT2D eigenvalue weighted by Crippen LogP contribution is 2.35. The monoisotopic (exact) mass is 346 g/mol. The Morgan fingerprint density at radius 1 is 1.32 bits per heavy atom. The number of amides is 1. The summed E-state index contributed by atoms with van der Waals surface area (Å²) in [4.78, 5) is 12.3. The van der Waals surface area contributed by atoms with Crippen molar-refractivity contribution in [2.75, 3.05) is 34.5 Å². The number of rotatable bonds is 7. The van der Waals surface area contributed by atoms with Crippen molar-refractivity contribution in [3.63, 3.8) is 0 Å². The molecule has 7 nitrogen and oxygen atoms in total. The molecule has 0 unspecified atom stereocenters. The number of benzene rings is 1. The van der Waals surface area contributed by atoms with E-state index >= 15 is 0 Å². The van der Waals surface area contributed by atoms with E-state index in [0.717, 1.165) is 12.8 Å². The number of nitrogens with zero attached hydrogens (tertiary/aromatic N) is 1. The minimum atomic E-state index is -0.460. The van der Waals surface area contributed by atoms with Crippen LogP contribution in [-0.4, -0.2) is 46.5 Å². The number of nitriles is 1. The molecule has 1 amide bonds. The summed E-state index contributed by atoms with van der Waals surface area (Å²) in [5.41, 5.74) is 0.453. The number of nitrogens with one attached hydrogen (secondary N) is 1. The lowest BCUT2D eigenvalue weighted by Gasteiger charge is -2.13. The molecule has 0 aromatic heterocycles. The van der Waals surface area contributed by atoms with E-state index in [9.17, 15) is 10.1 Å². The largest absolute Gasteiger partial charge is 0.496 e. The summed E-state index contributed by atoms with van der Waals surface area (Å²) >= 11 is 0. The molecule has 0 bridgehead atoms. The van der Waals surface area contributed by atoms with Gasteiger partial charge in [0.25, 0.3) is 5.91 Å². The maximum Gasteiger partial charge on any atom is 0.262 e. The molecule has 2 rings (SSSR count). The first kappa shape index (κ1) is 18.6. The molecule has 134 valence electrons. The lowest BCUT2D eigenvalue weighted by Crippen LogP contribution is -2.32. The van der Waals surface area contributed by atoms with E-state index in [0.29, 0.717) is 36.0 Å². The first-order valence-electron chi connectivity index (χ1n) is 7.94. The van der Waals surface area contributed by atoms with Crippen molar-refractivity contribution in [2.45, 2.75) is 18.9 Å². The van der Waals surface area contributed by atoms with Crippen LogP contribution in [0.15, 0.2) is 17.7 Å². The molecular weight excluding hydrogens is 324 g/mol. The predicted molar refractivity (Wildman–Crippen MR) is 91.7 cm³/mol. The molecule has 1 heterocycles. The second-order valence-corrected chi connectivity index (χ2v) is 5.46. The van der Waals surface area contributed by atoms with Crippen molar-refractivity contribution in [1.29, 1.82) is 5.26 Å². The number of ether oxygens (including phenoxy) is 4. The van der Waals surface area contributed by atoms with Gasteiger partial charge in [-0.15, -0.1) is 0 Å². The summed E-state index contributed by atoms with van der Waals surface area (Å²) in [6.07, 6.45) is 3.35. The lowest BCUT2D eigenvalue weighted by molar-refractivity contribution is -0.117. The zero-order valence-corrected chi connectivity index (χ0v) is 14.6. The van der Waals surface area contributed by atoms with E-state index in [2.05, 4.69) is 5.32 Å². The summed E-state index contributed by atoms with van der Waals surface area (Å²) < 4.78 is 21.3. The molecule has 1 atom stereocenters. The molecule has 1 aliphatic heterocycles. The molecule has 1 aromatic rings. The SMILES string of the molecule is COc1cc(OC)c(/C=C(/C#N)C(=O)NC[C@H]2CCCO2)c(OC)c1. The van der Waals surface area contributed by atoms with Crippen molar-refractivity contribution in [3.05, 3.63) is 23.3 Å². The zero-order chi connectivity index (χ0) is 18.2. The second kappa shape index (κ2) is 8.94. The molecule has 25 heavy (non-hydrogen) atoms. The fourth-order valence-corrected chi connectivity index (χ4v) is 2.57. The third kappa shape index (κ3) is 4.64. The van der Waals surface area contributed by atoms with Crippen LogP contribution in [0, 0.1) is 11.3 Å². The van der Waals surface area contributed by atoms with Crippen molar-refractivity contribution >= 4 is 12.0 Å². The fraction of sp³-hybridized carbons (Fsp3) is 0.444. The smallest absolute Gasteiger partial charge is 0.262 e. The Balaban J connectivity index is 2.25. The number of hydrogen-bond donors (Lipinski definition) is 1. The van der Waals surface area contributed by atoms with Gasteiger partial charge in [-0.3, -0.25) is 4.79 Å². The quantitative estimate of drug-likeness (QED) is 0.599. The van der Waals surface area contributed by atoms with Crippen molar-refractivity contribution in [2.24, 2.45) is 0 Å². The average Bonchev–Trinajstić information content (AvgIpc) is 3.17. The van der Waals surface area contributed by atoms with Crippen LogP contribution in [0.25, 0.3) is 6.08 Å². The van der Waals surface area contributed by atoms with Gasteiger partial charge in [-0.25, -0.2) is 0 Å². The normalized spacial score (nSPS) is 16.9. The van der Waals surface area contributed by atoms with Crippen LogP contribution in [0.4, 0.5) is 0 Å². The van der Waals surface area contributed by atoms with Crippen molar-refractivity contribution < 1.29 is 23.7 Å². The molecule has 7 heteroatoms. The average molecular weight is 346 g/mol. The topological polar surface area (TPSA) is 89.8 Å². The van der Waals surface area contributed by atoms with Gasteiger partial charge >= 0.3 is 0 Å². The lowest BCUT2D eigenvalue weighted by atomic mass is 10.1. The molecule has 1 fully saturated rings. The fourth-order valence-electron chi connectivity index (χ4n) is 2.57. The van der Waals surface area contributed by atoms with E-state index in [1.165, 1.54) is 27.4 Å². The molecule has 1 aromatic carbocycles. The second-order valence-electron chi connectivity index (χ2n) is 5.46. The number of methoxy groups -OCH3 is 3. The van der Waals surface area contributed by atoms with Crippen LogP contribution in [0.3, 0.4) is 0 Å². The third-order valence-corrected chi connectivity index (χ3v) is 3.92. The standard InChI is InChI=1S/C18H22N2O5/c1-22-14-8-16(23-2)15(17(9-14)24-3)7-12(10-19)18(21)20-11-13-5-4-6-25-13/h7-9,13H,4-6,11H2,1-3H3,(H,20,21)/b12-7-/t13-/m1/s1. The summed E-state index contributed by atoms with van der Waals surface area (Å²) in [5.74, 6) is 0.969. The molecule has 0 aliphatic carbocycles. The van der Waals surface area contributed by atoms with Gasteiger partial charge in [-0.05, 0) is 18.9 Å².